The maximum absolute atomic E-state index is 12.1. The predicted octanol–water partition coefficient (Wildman–Crippen LogP) is 2.17. The number of aromatic nitrogens is 2. The number of carbonyl (C=O) groups excluding carboxylic acids is 1. The molecule has 2 aliphatic heterocycles. The van der Waals surface area contributed by atoms with Crippen LogP contribution >= 0.6 is 0 Å². The molecule has 1 aromatic carbocycles. The first-order valence-corrected chi connectivity index (χ1v) is 10.4. The SMILES string of the molecule is O=C(CCO)N1CCC(C2c3nc[nH]c3CCN2CCc2ccccc2)CC1. The van der Waals surface area contributed by atoms with Gasteiger partial charge >= 0.3 is 0 Å². The Bertz CT molecular complexity index is 768. The summed E-state index contributed by atoms with van der Waals surface area (Å²) < 4.78 is 0. The minimum absolute atomic E-state index is 0.0642. The Morgan fingerprint density at radius 1 is 1.18 bits per heavy atom. The topological polar surface area (TPSA) is 72.5 Å². The number of aliphatic hydroxyl groups is 1. The number of amides is 1. The Morgan fingerprint density at radius 3 is 2.71 bits per heavy atom. The number of carbonyl (C=O) groups is 1. The summed E-state index contributed by atoms with van der Waals surface area (Å²) >= 11 is 0. The van der Waals surface area contributed by atoms with Gasteiger partial charge in [0.25, 0.3) is 0 Å². The van der Waals surface area contributed by atoms with Crippen LogP contribution in [-0.2, 0) is 17.6 Å². The van der Waals surface area contributed by atoms with Gasteiger partial charge in [0.1, 0.15) is 0 Å². The first kappa shape index (κ1) is 19.2. The number of imidazole rings is 1. The summed E-state index contributed by atoms with van der Waals surface area (Å²) in [6, 6.07) is 11.0. The number of piperidine rings is 1. The molecule has 0 radical (unpaired) electrons. The second-order valence-corrected chi connectivity index (χ2v) is 7.92. The zero-order valence-corrected chi connectivity index (χ0v) is 16.4. The quantitative estimate of drug-likeness (QED) is 0.803. The van der Waals surface area contributed by atoms with E-state index in [1.807, 2.05) is 11.2 Å². The third-order valence-corrected chi connectivity index (χ3v) is 6.27. The number of H-pyrrole nitrogens is 1. The fourth-order valence-corrected chi connectivity index (χ4v) is 4.76. The van der Waals surface area contributed by atoms with Crippen LogP contribution in [-0.4, -0.2) is 63.6 Å². The third kappa shape index (κ3) is 4.13. The van der Waals surface area contributed by atoms with Crippen LogP contribution in [0.3, 0.4) is 0 Å². The van der Waals surface area contributed by atoms with Gasteiger partial charge in [0.2, 0.25) is 5.91 Å². The molecule has 6 heteroatoms. The molecule has 0 aliphatic carbocycles. The van der Waals surface area contributed by atoms with Crippen molar-refractivity contribution in [1.82, 2.24) is 19.8 Å². The monoisotopic (exact) mass is 382 g/mol. The number of nitrogens with one attached hydrogen (secondary N) is 1. The van der Waals surface area contributed by atoms with Crippen molar-refractivity contribution in [2.75, 3.05) is 32.8 Å². The fourth-order valence-electron chi connectivity index (χ4n) is 4.76. The van der Waals surface area contributed by atoms with Crippen LogP contribution in [0.25, 0.3) is 0 Å². The highest BCUT2D eigenvalue weighted by Gasteiger charge is 2.37. The second kappa shape index (κ2) is 8.88. The summed E-state index contributed by atoms with van der Waals surface area (Å²) in [6.07, 6.45) is 6.13. The highest BCUT2D eigenvalue weighted by molar-refractivity contribution is 5.76. The van der Waals surface area contributed by atoms with Crippen molar-refractivity contribution in [3.05, 3.63) is 53.6 Å². The molecule has 3 heterocycles. The van der Waals surface area contributed by atoms with E-state index >= 15 is 0 Å². The molecule has 2 N–H and O–H groups in total. The van der Waals surface area contributed by atoms with Gasteiger partial charge in [0, 0.05) is 44.7 Å². The van der Waals surface area contributed by atoms with E-state index in [0.717, 1.165) is 51.9 Å². The lowest BCUT2D eigenvalue weighted by molar-refractivity contribution is -0.133. The van der Waals surface area contributed by atoms with E-state index in [-0.39, 0.29) is 18.9 Å². The van der Waals surface area contributed by atoms with Gasteiger partial charge in [0.15, 0.2) is 0 Å². The Kier molecular flexibility index (Phi) is 6.07. The Hall–Kier alpha value is -2.18. The number of nitrogens with zero attached hydrogens (tertiary/aromatic N) is 3. The van der Waals surface area contributed by atoms with Crippen molar-refractivity contribution in [2.45, 2.75) is 38.1 Å². The largest absolute Gasteiger partial charge is 0.396 e. The summed E-state index contributed by atoms with van der Waals surface area (Å²) in [6.45, 7) is 3.59. The summed E-state index contributed by atoms with van der Waals surface area (Å²) in [5, 5.41) is 9.03. The zero-order chi connectivity index (χ0) is 19.3. The van der Waals surface area contributed by atoms with Gasteiger partial charge in [-0.05, 0) is 30.7 Å². The first-order valence-electron chi connectivity index (χ1n) is 10.4. The van der Waals surface area contributed by atoms with Gasteiger partial charge in [0.05, 0.1) is 24.7 Å². The molecule has 6 nitrogen and oxygen atoms in total. The minimum Gasteiger partial charge on any atom is -0.396 e. The molecule has 1 aromatic heterocycles. The summed E-state index contributed by atoms with van der Waals surface area (Å²) in [5.41, 5.74) is 3.86. The molecule has 1 amide bonds. The van der Waals surface area contributed by atoms with Gasteiger partial charge in [-0.25, -0.2) is 4.98 Å². The molecular weight excluding hydrogens is 352 g/mol. The smallest absolute Gasteiger partial charge is 0.224 e. The Balaban J connectivity index is 1.45. The van der Waals surface area contributed by atoms with E-state index in [1.165, 1.54) is 17.0 Å². The molecule has 1 fully saturated rings. The molecule has 1 saturated heterocycles. The van der Waals surface area contributed by atoms with Crippen LogP contribution in [0.15, 0.2) is 36.7 Å². The van der Waals surface area contributed by atoms with Gasteiger partial charge in [-0.3, -0.25) is 9.69 Å². The van der Waals surface area contributed by atoms with Crippen LogP contribution in [0.4, 0.5) is 0 Å². The molecule has 0 spiro atoms. The molecule has 0 bridgehead atoms. The van der Waals surface area contributed by atoms with Crippen molar-refractivity contribution in [3.8, 4) is 0 Å². The number of hydrogen-bond donors (Lipinski definition) is 2. The van der Waals surface area contributed by atoms with Crippen molar-refractivity contribution < 1.29 is 9.90 Å². The highest BCUT2D eigenvalue weighted by Crippen LogP contribution is 2.38. The van der Waals surface area contributed by atoms with Crippen LogP contribution in [0.1, 0.15) is 42.3 Å². The van der Waals surface area contributed by atoms with Crippen molar-refractivity contribution in [1.29, 1.82) is 0 Å². The molecule has 150 valence electrons. The third-order valence-electron chi connectivity index (χ3n) is 6.27. The highest BCUT2D eigenvalue weighted by atomic mass is 16.3. The lowest BCUT2D eigenvalue weighted by Gasteiger charge is -2.43. The molecule has 2 aromatic rings. The van der Waals surface area contributed by atoms with Gasteiger partial charge in [-0.15, -0.1) is 0 Å². The average molecular weight is 383 g/mol. The van der Waals surface area contributed by atoms with Crippen LogP contribution in [0.2, 0.25) is 0 Å². The number of hydrogen-bond acceptors (Lipinski definition) is 4. The lowest BCUT2D eigenvalue weighted by atomic mass is 9.83. The van der Waals surface area contributed by atoms with E-state index in [4.69, 9.17) is 10.1 Å². The second-order valence-electron chi connectivity index (χ2n) is 7.92. The van der Waals surface area contributed by atoms with E-state index in [2.05, 4.69) is 40.2 Å². The van der Waals surface area contributed by atoms with E-state index in [1.54, 1.807) is 0 Å². The molecular formula is C22H30N4O2. The van der Waals surface area contributed by atoms with Crippen molar-refractivity contribution in [2.24, 2.45) is 5.92 Å². The van der Waals surface area contributed by atoms with E-state index < -0.39 is 0 Å². The van der Waals surface area contributed by atoms with Crippen LogP contribution in [0, 0.1) is 5.92 Å². The predicted molar refractivity (Wildman–Crippen MR) is 108 cm³/mol. The molecule has 0 saturated carbocycles. The summed E-state index contributed by atoms with van der Waals surface area (Å²) in [5.74, 6) is 0.585. The van der Waals surface area contributed by atoms with Crippen LogP contribution in [0.5, 0.6) is 0 Å². The summed E-state index contributed by atoms with van der Waals surface area (Å²) in [7, 11) is 0. The number of aliphatic hydroxyl groups excluding tert-OH is 1. The molecule has 1 unspecified atom stereocenters. The number of fused-ring (bicyclic) bond motifs is 1. The normalized spacial score (nSPS) is 20.9. The van der Waals surface area contributed by atoms with Gasteiger partial charge in [-0.1, -0.05) is 30.3 Å². The van der Waals surface area contributed by atoms with E-state index in [9.17, 15) is 4.79 Å². The first-order chi connectivity index (χ1) is 13.8. The number of benzene rings is 1. The molecule has 1 atom stereocenters. The Labute approximate surface area is 166 Å². The van der Waals surface area contributed by atoms with Gasteiger partial charge in [-0.2, -0.15) is 0 Å². The maximum Gasteiger partial charge on any atom is 0.224 e. The van der Waals surface area contributed by atoms with Crippen molar-refractivity contribution in [3.63, 3.8) is 0 Å². The van der Waals surface area contributed by atoms with Gasteiger partial charge < -0.3 is 15.0 Å². The molecule has 28 heavy (non-hydrogen) atoms. The zero-order valence-electron chi connectivity index (χ0n) is 16.4. The molecule has 4 rings (SSSR count). The number of rotatable bonds is 6. The lowest BCUT2D eigenvalue weighted by Crippen LogP contribution is -2.46. The fraction of sp³-hybridized carbons (Fsp3) is 0.545. The molecule has 2 aliphatic rings. The standard InChI is InChI=1S/C22H30N4O2/c27-15-10-20(28)25-12-7-18(8-13-25)22-21-19(23-16-24-21)9-14-26(22)11-6-17-4-2-1-3-5-17/h1-5,16,18,22,27H,6-15H2,(H,23,24). The average Bonchev–Trinajstić information content (AvgIpc) is 3.22. The van der Waals surface area contributed by atoms with Crippen molar-refractivity contribution >= 4 is 5.91 Å². The number of likely N-dealkylation sites (tertiary alicyclic amines) is 1. The Morgan fingerprint density at radius 2 is 1.96 bits per heavy atom. The maximum atomic E-state index is 12.1. The van der Waals surface area contributed by atoms with Crippen LogP contribution < -0.4 is 0 Å². The summed E-state index contributed by atoms with van der Waals surface area (Å²) in [4.78, 5) is 24.6. The number of aromatic amines is 1. The minimum atomic E-state index is -0.0642. The van der Waals surface area contributed by atoms with E-state index in [0.29, 0.717) is 12.0 Å².